The first-order valence-electron chi connectivity index (χ1n) is 8.00. The summed E-state index contributed by atoms with van der Waals surface area (Å²) in [5.74, 6) is -0.305. The Morgan fingerprint density at radius 3 is 2.76 bits per heavy atom. The van der Waals surface area contributed by atoms with Crippen molar-refractivity contribution in [1.82, 2.24) is 15.0 Å². The van der Waals surface area contributed by atoms with Crippen molar-refractivity contribution in [3.8, 4) is 5.69 Å². The third-order valence-electron chi connectivity index (χ3n) is 3.96. The SMILES string of the molecule is CO[C@H](C)c1cccc(NC(=O)c2cn(-c3cccc(C)c3)nn2)c1. The van der Waals surface area contributed by atoms with Crippen LogP contribution in [0.1, 0.15) is 34.6 Å². The van der Waals surface area contributed by atoms with E-state index in [4.69, 9.17) is 4.74 Å². The Labute approximate surface area is 146 Å². The number of methoxy groups -OCH3 is 1. The molecule has 0 fully saturated rings. The largest absolute Gasteiger partial charge is 0.377 e. The molecule has 1 amide bonds. The molecular formula is C19H20N4O2. The highest BCUT2D eigenvalue weighted by atomic mass is 16.5. The van der Waals surface area contributed by atoms with Crippen molar-refractivity contribution in [1.29, 1.82) is 0 Å². The van der Waals surface area contributed by atoms with E-state index in [-0.39, 0.29) is 17.7 Å². The highest BCUT2D eigenvalue weighted by Crippen LogP contribution is 2.20. The summed E-state index contributed by atoms with van der Waals surface area (Å²) < 4.78 is 6.89. The van der Waals surface area contributed by atoms with Gasteiger partial charge in [-0.05, 0) is 49.2 Å². The van der Waals surface area contributed by atoms with Gasteiger partial charge in [0.2, 0.25) is 0 Å². The number of benzene rings is 2. The maximum Gasteiger partial charge on any atom is 0.277 e. The average Bonchev–Trinajstić information content (AvgIpc) is 3.11. The van der Waals surface area contributed by atoms with Gasteiger partial charge in [-0.1, -0.05) is 29.5 Å². The van der Waals surface area contributed by atoms with Gasteiger partial charge >= 0.3 is 0 Å². The minimum absolute atomic E-state index is 0.0425. The third-order valence-corrected chi connectivity index (χ3v) is 3.96. The van der Waals surface area contributed by atoms with Crippen LogP contribution in [0.5, 0.6) is 0 Å². The molecule has 0 aliphatic carbocycles. The fraction of sp³-hybridized carbons (Fsp3) is 0.211. The van der Waals surface area contributed by atoms with E-state index in [9.17, 15) is 4.79 Å². The number of ether oxygens (including phenoxy) is 1. The molecule has 3 rings (SSSR count). The monoisotopic (exact) mass is 336 g/mol. The topological polar surface area (TPSA) is 69.0 Å². The molecule has 1 aromatic heterocycles. The molecule has 6 nitrogen and oxygen atoms in total. The maximum absolute atomic E-state index is 12.4. The van der Waals surface area contributed by atoms with Gasteiger partial charge in [0.05, 0.1) is 18.0 Å². The van der Waals surface area contributed by atoms with Gasteiger partial charge in [-0.15, -0.1) is 5.10 Å². The summed E-state index contributed by atoms with van der Waals surface area (Å²) in [7, 11) is 1.65. The zero-order valence-electron chi connectivity index (χ0n) is 14.4. The number of carbonyl (C=O) groups excluding carboxylic acids is 1. The van der Waals surface area contributed by atoms with E-state index in [1.807, 2.05) is 62.4 Å². The van der Waals surface area contributed by atoms with Crippen LogP contribution in [0.4, 0.5) is 5.69 Å². The molecule has 0 saturated heterocycles. The Morgan fingerprint density at radius 2 is 2.00 bits per heavy atom. The lowest BCUT2D eigenvalue weighted by atomic mass is 10.1. The van der Waals surface area contributed by atoms with Crippen LogP contribution in [0.25, 0.3) is 5.69 Å². The van der Waals surface area contributed by atoms with Crippen molar-refractivity contribution in [2.24, 2.45) is 0 Å². The summed E-state index contributed by atoms with van der Waals surface area (Å²) in [5, 5.41) is 10.8. The van der Waals surface area contributed by atoms with Crippen LogP contribution >= 0.6 is 0 Å². The Bertz CT molecular complexity index is 888. The molecule has 0 aliphatic heterocycles. The lowest BCUT2D eigenvalue weighted by molar-refractivity contribution is 0.102. The zero-order valence-corrected chi connectivity index (χ0v) is 14.4. The van der Waals surface area contributed by atoms with Gasteiger partial charge in [0.1, 0.15) is 0 Å². The van der Waals surface area contributed by atoms with Crippen LogP contribution in [-0.2, 0) is 4.74 Å². The molecule has 25 heavy (non-hydrogen) atoms. The van der Waals surface area contributed by atoms with Gasteiger partial charge < -0.3 is 10.1 Å². The number of amides is 1. The molecule has 0 spiro atoms. The van der Waals surface area contributed by atoms with Crippen LogP contribution < -0.4 is 5.32 Å². The lowest BCUT2D eigenvalue weighted by Gasteiger charge is -2.11. The second-order valence-electron chi connectivity index (χ2n) is 5.84. The number of anilines is 1. The molecular weight excluding hydrogens is 316 g/mol. The van der Waals surface area contributed by atoms with E-state index < -0.39 is 0 Å². The summed E-state index contributed by atoms with van der Waals surface area (Å²) >= 11 is 0. The quantitative estimate of drug-likeness (QED) is 0.774. The fourth-order valence-electron chi connectivity index (χ4n) is 2.47. The molecule has 0 bridgehead atoms. The van der Waals surface area contributed by atoms with Gasteiger partial charge in [-0.3, -0.25) is 4.79 Å². The van der Waals surface area contributed by atoms with Crippen molar-refractivity contribution >= 4 is 11.6 Å². The van der Waals surface area contributed by atoms with E-state index >= 15 is 0 Å². The standard InChI is InChI=1S/C19H20N4O2/c1-13-6-4-9-17(10-13)23-12-18(21-22-23)19(24)20-16-8-5-7-15(11-16)14(2)25-3/h4-12,14H,1-3H3,(H,20,24)/t14-/m1/s1. The summed E-state index contributed by atoms with van der Waals surface area (Å²) in [5.41, 5.74) is 3.91. The number of rotatable bonds is 5. The van der Waals surface area contributed by atoms with E-state index in [1.54, 1.807) is 18.0 Å². The first kappa shape index (κ1) is 16.9. The van der Waals surface area contributed by atoms with Crippen molar-refractivity contribution in [2.45, 2.75) is 20.0 Å². The zero-order chi connectivity index (χ0) is 17.8. The summed E-state index contributed by atoms with van der Waals surface area (Å²) in [6.45, 7) is 3.95. The number of nitrogens with zero attached hydrogens (tertiary/aromatic N) is 3. The molecule has 128 valence electrons. The predicted octanol–water partition coefficient (Wildman–Crippen LogP) is 3.54. The Balaban J connectivity index is 1.76. The lowest BCUT2D eigenvalue weighted by Crippen LogP contribution is -2.12. The second-order valence-corrected chi connectivity index (χ2v) is 5.84. The number of hydrogen-bond donors (Lipinski definition) is 1. The molecule has 1 heterocycles. The molecule has 0 radical (unpaired) electrons. The first-order chi connectivity index (χ1) is 12.1. The van der Waals surface area contributed by atoms with Crippen LogP contribution in [0, 0.1) is 6.92 Å². The van der Waals surface area contributed by atoms with E-state index in [0.29, 0.717) is 5.69 Å². The predicted molar refractivity (Wildman–Crippen MR) is 95.9 cm³/mol. The molecule has 0 aliphatic rings. The molecule has 6 heteroatoms. The normalized spacial score (nSPS) is 12.0. The van der Waals surface area contributed by atoms with Gasteiger partial charge in [-0.25, -0.2) is 4.68 Å². The van der Waals surface area contributed by atoms with Crippen molar-refractivity contribution in [2.75, 3.05) is 12.4 Å². The molecule has 1 N–H and O–H groups in total. The molecule has 1 atom stereocenters. The van der Waals surface area contributed by atoms with Gasteiger partial charge in [-0.2, -0.15) is 0 Å². The molecule has 2 aromatic carbocycles. The van der Waals surface area contributed by atoms with Gasteiger partial charge in [0, 0.05) is 12.8 Å². The number of aryl methyl sites for hydroxylation is 1. The minimum atomic E-state index is -0.305. The second kappa shape index (κ2) is 7.27. The third kappa shape index (κ3) is 3.92. The van der Waals surface area contributed by atoms with Crippen molar-refractivity contribution < 1.29 is 9.53 Å². The van der Waals surface area contributed by atoms with E-state index in [2.05, 4.69) is 15.6 Å². The number of hydrogen-bond acceptors (Lipinski definition) is 4. The Morgan fingerprint density at radius 1 is 1.20 bits per heavy atom. The van der Waals surface area contributed by atoms with E-state index in [1.165, 1.54) is 0 Å². The molecule has 3 aromatic rings. The highest BCUT2D eigenvalue weighted by Gasteiger charge is 2.13. The van der Waals surface area contributed by atoms with Crippen LogP contribution in [-0.4, -0.2) is 28.0 Å². The fourth-order valence-corrected chi connectivity index (χ4v) is 2.47. The average molecular weight is 336 g/mol. The first-order valence-corrected chi connectivity index (χ1v) is 8.00. The highest BCUT2D eigenvalue weighted by molar-refractivity contribution is 6.02. The summed E-state index contributed by atoms with van der Waals surface area (Å²) in [6, 6.07) is 15.4. The molecule has 0 unspecified atom stereocenters. The van der Waals surface area contributed by atoms with Crippen LogP contribution in [0.2, 0.25) is 0 Å². The van der Waals surface area contributed by atoms with Gasteiger partial charge in [0.25, 0.3) is 5.91 Å². The smallest absolute Gasteiger partial charge is 0.277 e. The van der Waals surface area contributed by atoms with E-state index in [0.717, 1.165) is 16.8 Å². The van der Waals surface area contributed by atoms with Crippen LogP contribution in [0.15, 0.2) is 54.7 Å². The van der Waals surface area contributed by atoms with Crippen molar-refractivity contribution in [3.63, 3.8) is 0 Å². The maximum atomic E-state index is 12.4. The number of carbonyl (C=O) groups is 1. The Hall–Kier alpha value is -2.99. The number of aromatic nitrogens is 3. The number of nitrogens with one attached hydrogen (secondary N) is 1. The van der Waals surface area contributed by atoms with Crippen molar-refractivity contribution in [3.05, 3.63) is 71.5 Å². The summed E-state index contributed by atoms with van der Waals surface area (Å²) in [4.78, 5) is 12.4. The van der Waals surface area contributed by atoms with Crippen LogP contribution in [0.3, 0.4) is 0 Å². The Kier molecular flexibility index (Phi) is 4.90. The minimum Gasteiger partial charge on any atom is -0.377 e. The molecule has 0 saturated carbocycles. The van der Waals surface area contributed by atoms with Gasteiger partial charge in [0.15, 0.2) is 5.69 Å². The summed E-state index contributed by atoms with van der Waals surface area (Å²) in [6.07, 6.45) is 1.57.